The van der Waals surface area contributed by atoms with E-state index in [1.165, 1.54) is 31.4 Å². The lowest BCUT2D eigenvalue weighted by molar-refractivity contribution is 0.0693. The number of rotatable bonds is 4. The van der Waals surface area contributed by atoms with E-state index in [4.69, 9.17) is 21.4 Å². The summed E-state index contributed by atoms with van der Waals surface area (Å²) in [7, 11) is 1.32. The maximum Gasteiger partial charge on any atom is 0.339 e. The molecule has 25 heavy (non-hydrogen) atoms. The fourth-order valence-electron chi connectivity index (χ4n) is 2.01. The first-order chi connectivity index (χ1) is 11.8. The maximum absolute atomic E-state index is 12.1. The summed E-state index contributed by atoms with van der Waals surface area (Å²) in [4.78, 5) is 35.1. The highest BCUT2D eigenvalue weighted by Crippen LogP contribution is 2.25. The Labute approximate surface area is 145 Å². The minimum atomic E-state index is -1.22. The quantitative estimate of drug-likeness (QED) is 0.707. The normalized spacial score (nSPS) is 10.8. The molecular formula is C16H12ClNO7. The van der Waals surface area contributed by atoms with E-state index in [2.05, 4.69) is 0 Å². The molecular weight excluding hydrogens is 354 g/mol. The van der Waals surface area contributed by atoms with E-state index >= 15 is 0 Å². The van der Waals surface area contributed by atoms with E-state index in [1.807, 2.05) is 0 Å². The van der Waals surface area contributed by atoms with E-state index in [1.54, 1.807) is 0 Å². The minimum absolute atomic E-state index is 0.113. The van der Waals surface area contributed by atoms with Gasteiger partial charge in [0.05, 0.1) is 7.11 Å². The molecule has 130 valence electrons. The van der Waals surface area contributed by atoms with Gasteiger partial charge in [0.25, 0.3) is 11.5 Å². The first-order valence-electron chi connectivity index (χ1n) is 6.73. The van der Waals surface area contributed by atoms with Gasteiger partial charge in [-0.1, -0.05) is 17.7 Å². The van der Waals surface area contributed by atoms with Crippen molar-refractivity contribution in [3.05, 3.63) is 56.8 Å². The first kappa shape index (κ1) is 18.1. The number of halogens is 1. The third-order valence-electron chi connectivity index (χ3n) is 3.20. The van der Waals surface area contributed by atoms with Crippen molar-refractivity contribution in [3.8, 4) is 17.4 Å². The fraction of sp³-hybridized carbons (Fsp3) is 0.0625. The summed E-state index contributed by atoms with van der Waals surface area (Å²) in [5, 5.41) is 27.8. The number of carboxylic acids is 1. The lowest BCUT2D eigenvalue weighted by Crippen LogP contribution is -2.25. The van der Waals surface area contributed by atoms with Crippen LogP contribution in [-0.2, 0) is 0 Å². The molecule has 0 atom stereocenters. The van der Waals surface area contributed by atoms with Crippen LogP contribution < -0.4 is 10.3 Å². The number of carbonyl (C=O) groups is 2. The van der Waals surface area contributed by atoms with Crippen molar-refractivity contribution in [2.75, 3.05) is 7.11 Å². The van der Waals surface area contributed by atoms with Crippen molar-refractivity contribution in [1.29, 1.82) is 0 Å². The number of aromatic carboxylic acids is 1. The molecule has 0 fully saturated rings. The van der Waals surface area contributed by atoms with E-state index in [0.717, 1.165) is 12.1 Å². The second-order valence-electron chi connectivity index (χ2n) is 4.78. The molecule has 0 aliphatic heterocycles. The van der Waals surface area contributed by atoms with Gasteiger partial charge in [-0.3, -0.25) is 9.59 Å². The van der Waals surface area contributed by atoms with Crippen molar-refractivity contribution in [2.45, 2.75) is 0 Å². The van der Waals surface area contributed by atoms with E-state index in [-0.39, 0.29) is 15.9 Å². The zero-order chi connectivity index (χ0) is 18.7. The number of aromatic nitrogens is 1. The number of ether oxygens (including phenoxy) is 1. The van der Waals surface area contributed by atoms with Gasteiger partial charge in [0.1, 0.15) is 16.3 Å². The molecule has 1 heterocycles. The lowest BCUT2D eigenvalue weighted by Gasteiger charge is -2.07. The van der Waals surface area contributed by atoms with Gasteiger partial charge >= 0.3 is 5.97 Å². The van der Waals surface area contributed by atoms with Crippen LogP contribution >= 0.6 is 11.6 Å². The Bertz CT molecular complexity index is 946. The number of nitrogens with zero attached hydrogens (tertiary/aromatic N) is 1. The number of pyridine rings is 1. The molecule has 0 amide bonds. The summed E-state index contributed by atoms with van der Waals surface area (Å²) < 4.78 is 5.21. The molecule has 0 unspecified atom stereocenters. The SMILES string of the molecule is COc1ccc(/C=C/C(=O)n2c(O)c(O)cc(Cl)c2=O)cc1C(=O)O. The number of hydrogen-bond donors (Lipinski definition) is 3. The average Bonchev–Trinajstić information content (AvgIpc) is 2.58. The smallest absolute Gasteiger partial charge is 0.339 e. The van der Waals surface area contributed by atoms with Crippen molar-refractivity contribution >= 4 is 29.6 Å². The summed E-state index contributed by atoms with van der Waals surface area (Å²) in [5.41, 5.74) is -0.782. The van der Waals surface area contributed by atoms with Crippen LogP contribution in [0.3, 0.4) is 0 Å². The van der Waals surface area contributed by atoms with E-state index in [0.29, 0.717) is 5.56 Å². The van der Waals surface area contributed by atoms with Gasteiger partial charge in [-0.2, -0.15) is 0 Å². The van der Waals surface area contributed by atoms with Crippen LogP contribution in [0.1, 0.15) is 20.7 Å². The maximum atomic E-state index is 12.1. The number of benzene rings is 1. The predicted octanol–water partition coefficient (Wildman–Crippen LogP) is 1.97. The van der Waals surface area contributed by atoms with Gasteiger partial charge in [0.15, 0.2) is 5.75 Å². The molecule has 0 radical (unpaired) electrons. The highest BCUT2D eigenvalue weighted by Gasteiger charge is 2.17. The van der Waals surface area contributed by atoms with E-state index in [9.17, 15) is 24.6 Å². The van der Waals surface area contributed by atoms with Crippen molar-refractivity contribution in [2.24, 2.45) is 0 Å². The van der Waals surface area contributed by atoms with Crippen LogP contribution in [0.2, 0.25) is 5.02 Å². The highest BCUT2D eigenvalue weighted by molar-refractivity contribution is 6.30. The molecule has 2 aromatic rings. The molecule has 0 aliphatic carbocycles. The summed E-state index contributed by atoms with van der Waals surface area (Å²) >= 11 is 5.58. The van der Waals surface area contributed by atoms with Crippen molar-refractivity contribution in [3.63, 3.8) is 0 Å². The first-order valence-corrected chi connectivity index (χ1v) is 7.11. The Balaban J connectivity index is 2.41. The molecule has 0 bridgehead atoms. The molecule has 8 nitrogen and oxygen atoms in total. The Kier molecular flexibility index (Phi) is 5.14. The topological polar surface area (TPSA) is 126 Å². The van der Waals surface area contributed by atoms with Gasteiger partial charge in [0.2, 0.25) is 5.88 Å². The van der Waals surface area contributed by atoms with Crippen LogP contribution in [-0.4, -0.2) is 38.9 Å². The number of aromatic hydroxyl groups is 2. The summed E-state index contributed by atoms with van der Waals surface area (Å²) in [5.74, 6) is -3.74. The van der Waals surface area contributed by atoms with E-state index < -0.39 is 34.1 Å². The molecule has 0 aliphatic rings. The van der Waals surface area contributed by atoms with Crippen LogP contribution in [0.25, 0.3) is 6.08 Å². The lowest BCUT2D eigenvalue weighted by atomic mass is 10.1. The van der Waals surface area contributed by atoms with Crippen molar-refractivity contribution < 1.29 is 29.6 Å². The Morgan fingerprint density at radius 2 is 1.92 bits per heavy atom. The largest absolute Gasteiger partial charge is 0.503 e. The second kappa shape index (κ2) is 7.10. The number of allylic oxidation sites excluding steroid dienone is 1. The van der Waals surface area contributed by atoms with Gasteiger partial charge in [0, 0.05) is 12.1 Å². The highest BCUT2D eigenvalue weighted by atomic mass is 35.5. The monoisotopic (exact) mass is 365 g/mol. The van der Waals surface area contributed by atoms with Gasteiger partial charge < -0.3 is 20.1 Å². The molecule has 1 aromatic heterocycles. The molecule has 0 spiro atoms. The van der Waals surface area contributed by atoms with Crippen LogP contribution in [0.4, 0.5) is 0 Å². The van der Waals surface area contributed by atoms with Crippen molar-refractivity contribution in [1.82, 2.24) is 4.57 Å². The molecule has 0 saturated carbocycles. The molecule has 9 heteroatoms. The second-order valence-corrected chi connectivity index (χ2v) is 5.19. The predicted molar refractivity (Wildman–Crippen MR) is 88.7 cm³/mol. The number of methoxy groups -OCH3 is 1. The summed E-state index contributed by atoms with van der Waals surface area (Å²) in [6.45, 7) is 0. The Morgan fingerprint density at radius 1 is 1.24 bits per heavy atom. The summed E-state index contributed by atoms with van der Waals surface area (Å²) in [6.07, 6.45) is 2.16. The average molecular weight is 366 g/mol. The number of carboxylic acid groups (broad SMARTS) is 1. The molecule has 3 N–H and O–H groups in total. The standard InChI is InChI=1S/C16H12ClNO7/c1-25-12-4-2-8(6-9(12)16(23)24)3-5-13(20)18-14(21)10(17)7-11(19)15(18)22/h2-7,19,22H,1H3,(H,23,24)/b5-3+. The van der Waals surface area contributed by atoms with Gasteiger partial charge in [-0.05, 0) is 23.8 Å². The summed E-state index contributed by atoms with van der Waals surface area (Å²) in [6, 6.07) is 4.98. The zero-order valence-electron chi connectivity index (χ0n) is 12.8. The molecule has 0 saturated heterocycles. The van der Waals surface area contributed by atoms with Crippen LogP contribution in [0.5, 0.6) is 17.4 Å². The third kappa shape index (κ3) is 3.64. The fourth-order valence-corrected chi connectivity index (χ4v) is 2.19. The van der Waals surface area contributed by atoms with Crippen LogP contribution in [0, 0.1) is 0 Å². The zero-order valence-corrected chi connectivity index (χ0v) is 13.5. The van der Waals surface area contributed by atoms with Gasteiger partial charge in [-0.25, -0.2) is 9.36 Å². The minimum Gasteiger partial charge on any atom is -0.503 e. The Hall–Kier alpha value is -3.26. The molecule has 1 aromatic carbocycles. The Morgan fingerprint density at radius 3 is 2.52 bits per heavy atom. The number of hydrogen-bond acceptors (Lipinski definition) is 6. The molecule has 2 rings (SSSR count). The number of carbonyl (C=O) groups excluding carboxylic acids is 1. The van der Waals surface area contributed by atoms with Crippen LogP contribution in [0.15, 0.2) is 35.1 Å². The third-order valence-corrected chi connectivity index (χ3v) is 3.48. The van der Waals surface area contributed by atoms with Gasteiger partial charge in [-0.15, -0.1) is 0 Å².